The molecular formula is C19H18N4OS. The number of carbonyl (C=O) groups is 1. The first-order valence-corrected chi connectivity index (χ1v) is 9.00. The fourth-order valence-corrected chi connectivity index (χ4v) is 3.99. The van der Waals surface area contributed by atoms with Crippen molar-refractivity contribution in [2.24, 2.45) is 0 Å². The van der Waals surface area contributed by atoms with Gasteiger partial charge in [0.1, 0.15) is 0 Å². The highest BCUT2D eigenvalue weighted by atomic mass is 32.1. The number of aromatic nitrogens is 3. The van der Waals surface area contributed by atoms with Crippen LogP contribution in [0.4, 0.5) is 5.13 Å². The van der Waals surface area contributed by atoms with E-state index in [0.717, 1.165) is 21.3 Å². The Morgan fingerprint density at radius 3 is 2.76 bits per heavy atom. The van der Waals surface area contributed by atoms with Gasteiger partial charge in [0.25, 0.3) is 5.91 Å². The van der Waals surface area contributed by atoms with Gasteiger partial charge in [0.2, 0.25) is 0 Å². The second-order valence-corrected chi connectivity index (χ2v) is 7.32. The third-order valence-electron chi connectivity index (χ3n) is 4.14. The molecule has 0 spiro atoms. The molecule has 4 aromatic rings. The Bertz CT molecular complexity index is 1090. The van der Waals surface area contributed by atoms with Gasteiger partial charge in [0.05, 0.1) is 10.2 Å². The number of thiazole rings is 1. The minimum Gasteiger partial charge on any atom is -0.296 e. The van der Waals surface area contributed by atoms with Crippen molar-refractivity contribution in [3.05, 3.63) is 53.9 Å². The van der Waals surface area contributed by atoms with Crippen LogP contribution in [0.1, 0.15) is 36.1 Å². The van der Waals surface area contributed by atoms with Crippen LogP contribution in [0.3, 0.4) is 0 Å². The highest BCUT2D eigenvalue weighted by molar-refractivity contribution is 7.23. The lowest BCUT2D eigenvalue weighted by Gasteiger charge is -2.06. The average Bonchev–Trinajstić information content (AvgIpc) is 3.18. The van der Waals surface area contributed by atoms with Crippen LogP contribution >= 0.6 is 11.3 Å². The number of hydrogen-bond acceptors (Lipinski definition) is 4. The zero-order valence-electron chi connectivity index (χ0n) is 14.3. The molecule has 0 bridgehead atoms. The molecule has 6 heteroatoms. The van der Waals surface area contributed by atoms with Crippen molar-refractivity contribution in [2.75, 3.05) is 5.32 Å². The van der Waals surface area contributed by atoms with E-state index >= 15 is 0 Å². The minimum absolute atomic E-state index is 0.218. The molecular weight excluding hydrogens is 332 g/mol. The molecule has 0 saturated heterocycles. The van der Waals surface area contributed by atoms with Crippen LogP contribution in [0.5, 0.6) is 0 Å². The summed E-state index contributed by atoms with van der Waals surface area (Å²) < 4.78 is 2.93. The normalized spacial score (nSPS) is 11.5. The standard InChI is InChI=1S/C19H18N4OS/c1-11(2)23-12(3)10-16(22-23)18(24)21-19-20-15-9-8-13-6-4-5-7-14(13)17(15)25-19/h4-11H,1-3H3,(H,20,21,24). The van der Waals surface area contributed by atoms with Crippen LogP contribution < -0.4 is 5.32 Å². The number of nitrogens with zero attached hydrogens (tertiary/aromatic N) is 3. The van der Waals surface area contributed by atoms with E-state index in [9.17, 15) is 4.79 Å². The molecule has 2 heterocycles. The molecule has 0 aliphatic rings. The number of amides is 1. The smallest absolute Gasteiger partial charge is 0.277 e. The van der Waals surface area contributed by atoms with Gasteiger partial charge in [-0.2, -0.15) is 5.10 Å². The lowest BCUT2D eigenvalue weighted by molar-refractivity contribution is 0.102. The molecule has 1 amide bonds. The molecule has 0 fully saturated rings. The number of anilines is 1. The van der Waals surface area contributed by atoms with E-state index in [1.807, 2.05) is 43.7 Å². The number of benzene rings is 2. The predicted octanol–water partition coefficient (Wildman–Crippen LogP) is 4.79. The molecule has 5 nitrogen and oxygen atoms in total. The summed E-state index contributed by atoms with van der Waals surface area (Å²) >= 11 is 1.49. The zero-order valence-corrected chi connectivity index (χ0v) is 15.1. The maximum absolute atomic E-state index is 12.5. The monoisotopic (exact) mass is 350 g/mol. The SMILES string of the molecule is Cc1cc(C(=O)Nc2nc3ccc4ccccc4c3s2)nn1C(C)C. The van der Waals surface area contributed by atoms with E-state index < -0.39 is 0 Å². The Morgan fingerprint density at radius 1 is 1.20 bits per heavy atom. The highest BCUT2D eigenvalue weighted by Gasteiger charge is 2.16. The molecule has 0 atom stereocenters. The largest absolute Gasteiger partial charge is 0.296 e. The molecule has 2 aromatic heterocycles. The fraction of sp³-hybridized carbons (Fsp3) is 0.211. The highest BCUT2D eigenvalue weighted by Crippen LogP contribution is 2.32. The summed E-state index contributed by atoms with van der Waals surface area (Å²) in [5.74, 6) is -0.231. The topological polar surface area (TPSA) is 59.8 Å². The van der Waals surface area contributed by atoms with E-state index in [0.29, 0.717) is 10.8 Å². The van der Waals surface area contributed by atoms with Crippen molar-refractivity contribution in [3.63, 3.8) is 0 Å². The lowest BCUT2D eigenvalue weighted by Crippen LogP contribution is -2.13. The number of fused-ring (bicyclic) bond motifs is 3. The van der Waals surface area contributed by atoms with Crippen LogP contribution in [-0.2, 0) is 0 Å². The second kappa shape index (κ2) is 5.97. The molecule has 0 aliphatic carbocycles. The molecule has 0 radical (unpaired) electrons. The first-order valence-electron chi connectivity index (χ1n) is 8.19. The summed E-state index contributed by atoms with van der Waals surface area (Å²) in [5, 5.41) is 10.2. The van der Waals surface area contributed by atoms with Crippen molar-refractivity contribution >= 4 is 43.4 Å². The Morgan fingerprint density at radius 2 is 2.00 bits per heavy atom. The van der Waals surface area contributed by atoms with E-state index in [2.05, 4.69) is 33.6 Å². The average molecular weight is 350 g/mol. The molecule has 2 aromatic carbocycles. The van der Waals surface area contributed by atoms with Crippen LogP contribution in [0.25, 0.3) is 21.0 Å². The third-order valence-corrected chi connectivity index (χ3v) is 5.16. The maximum Gasteiger partial charge on any atom is 0.277 e. The summed E-state index contributed by atoms with van der Waals surface area (Å²) in [4.78, 5) is 17.1. The Kier molecular flexibility index (Phi) is 3.77. The molecule has 1 N–H and O–H groups in total. The molecule has 126 valence electrons. The summed E-state index contributed by atoms with van der Waals surface area (Å²) in [5.41, 5.74) is 2.27. The summed E-state index contributed by atoms with van der Waals surface area (Å²) in [6.45, 7) is 6.04. The van der Waals surface area contributed by atoms with Gasteiger partial charge in [-0.15, -0.1) is 0 Å². The first kappa shape index (κ1) is 15.8. The van der Waals surface area contributed by atoms with Crippen LogP contribution in [0.15, 0.2) is 42.5 Å². The van der Waals surface area contributed by atoms with Gasteiger partial charge in [-0.25, -0.2) is 4.98 Å². The Labute approximate surface area is 149 Å². The van der Waals surface area contributed by atoms with Crippen molar-refractivity contribution in [2.45, 2.75) is 26.8 Å². The van der Waals surface area contributed by atoms with Crippen molar-refractivity contribution < 1.29 is 4.79 Å². The van der Waals surface area contributed by atoms with Gasteiger partial charge in [-0.3, -0.25) is 14.8 Å². The molecule has 0 saturated carbocycles. The molecule has 4 rings (SSSR count). The van der Waals surface area contributed by atoms with E-state index in [1.54, 1.807) is 6.07 Å². The quantitative estimate of drug-likeness (QED) is 0.578. The second-order valence-electron chi connectivity index (χ2n) is 6.32. The number of aryl methyl sites for hydroxylation is 1. The van der Waals surface area contributed by atoms with E-state index in [-0.39, 0.29) is 11.9 Å². The summed E-state index contributed by atoms with van der Waals surface area (Å²) in [6.07, 6.45) is 0. The lowest BCUT2D eigenvalue weighted by atomic mass is 10.1. The van der Waals surface area contributed by atoms with Gasteiger partial charge in [-0.1, -0.05) is 41.7 Å². The van der Waals surface area contributed by atoms with Crippen LogP contribution in [-0.4, -0.2) is 20.7 Å². The number of carbonyl (C=O) groups excluding carboxylic acids is 1. The van der Waals surface area contributed by atoms with Gasteiger partial charge in [0, 0.05) is 17.1 Å². The summed E-state index contributed by atoms with van der Waals surface area (Å²) in [6, 6.07) is 14.3. The first-order chi connectivity index (χ1) is 12.0. The van der Waals surface area contributed by atoms with E-state index in [4.69, 9.17) is 0 Å². The zero-order chi connectivity index (χ0) is 17.6. The summed E-state index contributed by atoms with van der Waals surface area (Å²) in [7, 11) is 0. The van der Waals surface area contributed by atoms with Gasteiger partial charge in [0.15, 0.2) is 10.8 Å². The number of nitrogens with one attached hydrogen (secondary N) is 1. The molecule has 0 unspecified atom stereocenters. The van der Waals surface area contributed by atoms with Crippen LogP contribution in [0.2, 0.25) is 0 Å². The van der Waals surface area contributed by atoms with Gasteiger partial charge >= 0.3 is 0 Å². The minimum atomic E-state index is -0.231. The number of hydrogen-bond donors (Lipinski definition) is 1. The third kappa shape index (κ3) is 2.78. The van der Waals surface area contributed by atoms with Gasteiger partial charge in [-0.05, 0) is 38.3 Å². The van der Waals surface area contributed by atoms with Crippen molar-refractivity contribution in [3.8, 4) is 0 Å². The Balaban J connectivity index is 1.67. The number of rotatable bonds is 3. The van der Waals surface area contributed by atoms with Crippen molar-refractivity contribution in [1.29, 1.82) is 0 Å². The fourth-order valence-electron chi connectivity index (χ4n) is 2.99. The van der Waals surface area contributed by atoms with Crippen LogP contribution in [0, 0.1) is 6.92 Å². The Hall–Kier alpha value is -2.73. The molecule has 0 aliphatic heterocycles. The predicted molar refractivity (Wildman–Crippen MR) is 102 cm³/mol. The maximum atomic E-state index is 12.5. The molecule has 25 heavy (non-hydrogen) atoms. The van der Waals surface area contributed by atoms with Gasteiger partial charge < -0.3 is 0 Å². The van der Waals surface area contributed by atoms with Crippen molar-refractivity contribution in [1.82, 2.24) is 14.8 Å². The van der Waals surface area contributed by atoms with E-state index in [1.165, 1.54) is 16.7 Å².